The first-order chi connectivity index (χ1) is 8.42. The standard InChI is InChI=1S/C13H24N4O/c1-6-7-9-8-10(17-14)16-12(15-9)11(18-5)13(2,3)4/h8,11H,6-7,14H2,1-5H3,(H,15,16,17). The van der Waals surface area contributed by atoms with Gasteiger partial charge < -0.3 is 10.2 Å². The summed E-state index contributed by atoms with van der Waals surface area (Å²) >= 11 is 0. The molecular formula is C13H24N4O. The van der Waals surface area contributed by atoms with E-state index in [4.69, 9.17) is 10.6 Å². The lowest BCUT2D eigenvalue weighted by molar-refractivity contribution is 0.00861. The first kappa shape index (κ1) is 14.9. The van der Waals surface area contributed by atoms with E-state index in [0.717, 1.165) is 18.5 Å². The Balaban J connectivity index is 3.17. The summed E-state index contributed by atoms with van der Waals surface area (Å²) in [5, 5.41) is 0. The van der Waals surface area contributed by atoms with Crippen molar-refractivity contribution < 1.29 is 4.74 Å². The molecule has 1 aromatic rings. The number of hydrazine groups is 1. The molecule has 0 aliphatic heterocycles. The molecule has 0 aliphatic rings. The lowest BCUT2D eigenvalue weighted by atomic mass is 9.88. The molecule has 1 unspecified atom stereocenters. The van der Waals surface area contributed by atoms with Crippen LogP contribution in [0.2, 0.25) is 0 Å². The molecule has 5 nitrogen and oxygen atoms in total. The molecule has 0 fully saturated rings. The van der Waals surface area contributed by atoms with E-state index in [9.17, 15) is 0 Å². The zero-order valence-electron chi connectivity index (χ0n) is 11.9. The normalized spacial score (nSPS) is 13.4. The molecule has 0 bridgehead atoms. The van der Waals surface area contributed by atoms with Crippen LogP contribution in [0.1, 0.15) is 51.7 Å². The van der Waals surface area contributed by atoms with E-state index in [0.29, 0.717) is 11.6 Å². The molecule has 1 rings (SSSR count). The Kier molecular flexibility index (Phi) is 5.04. The van der Waals surface area contributed by atoms with Gasteiger partial charge in [-0.1, -0.05) is 34.1 Å². The Labute approximate surface area is 109 Å². The van der Waals surface area contributed by atoms with E-state index >= 15 is 0 Å². The van der Waals surface area contributed by atoms with Gasteiger partial charge in [0.05, 0.1) is 0 Å². The number of rotatable bonds is 5. The highest BCUT2D eigenvalue weighted by Gasteiger charge is 2.29. The molecule has 102 valence electrons. The van der Waals surface area contributed by atoms with Gasteiger partial charge in [-0.2, -0.15) is 0 Å². The Morgan fingerprint density at radius 2 is 2.06 bits per heavy atom. The van der Waals surface area contributed by atoms with Crippen LogP contribution in [0, 0.1) is 5.41 Å². The van der Waals surface area contributed by atoms with Crippen molar-refractivity contribution in [3.63, 3.8) is 0 Å². The van der Waals surface area contributed by atoms with Crippen molar-refractivity contribution in [2.45, 2.75) is 46.6 Å². The largest absolute Gasteiger partial charge is 0.373 e. The van der Waals surface area contributed by atoms with Crippen LogP contribution in [0.3, 0.4) is 0 Å². The van der Waals surface area contributed by atoms with Crippen molar-refractivity contribution in [1.82, 2.24) is 9.97 Å². The van der Waals surface area contributed by atoms with Crippen LogP contribution < -0.4 is 11.3 Å². The fraction of sp³-hybridized carbons (Fsp3) is 0.692. The number of hydrogen-bond donors (Lipinski definition) is 2. The molecule has 1 aromatic heterocycles. The van der Waals surface area contributed by atoms with Crippen molar-refractivity contribution in [1.29, 1.82) is 0 Å². The van der Waals surface area contributed by atoms with Crippen LogP contribution in [0.25, 0.3) is 0 Å². The third-order valence-electron chi connectivity index (χ3n) is 2.71. The van der Waals surface area contributed by atoms with Gasteiger partial charge in [0.25, 0.3) is 0 Å². The molecule has 0 saturated carbocycles. The van der Waals surface area contributed by atoms with Gasteiger partial charge in [-0.3, -0.25) is 0 Å². The predicted molar refractivity (Wildman–Crippen MR) is 73.0 cm³/mol. The van der Waals surface area contributed by atoms with Gasteiger partial charge in [0, 0.05) is 18.9 Å². The minimum absolute atomic E-state index is 0.0640. The average molecular weight is 252 g/mol. The quantitative estimate of drug-likeness (QED) is 0.622. The maximum atomic E-state index is 5.54. The third kappa shape index (κ3) is 3.65. The number of anilines is 1. The van der Waals surface area contributed by atoms with Crippen LogP contribution in [-0.4, -0.2) is 17.1 Å². The number of nitrogen functional groups attached to an aromatic ring is 1. The third-order valence-corrected chi connectivity index (χ3v) is 2.71. The van der Waals surface area contributed by atoms with Crippen LogP contribution in [0.5, 0.6) is 0 Å². The lowest BCUT2D eigenvalue weighted by Gasteiger charge is -2.28. The molecule has 3 N–H and O–H groups in total. The second kappa shape index (κ2) is 6.11. The first-order valence-corrected chi connectivity index (χ1v) is 6.29. The summed E-state index contributed by atoms with van der Waals surface area (Å²) in [7, 11) is 1.68. The summed E-state index contributed by atoms with van der Waals surface area (Å²) in [5.41, 5.74) is 3.51. The Bertz CT molecular complexity index is 387. The molecule has 0 amide bonds. The highest BCUT2D eigenvalue weighted by atomic mass is 16.5. The van der Waals surface area contributed by atoms with Crippen LogP contribution >= 0.6 is 0 Å². The molecule has 0 aromatic carbocycles. The molecule has 0 radical (unpaired) electrons. The molecule has 1 atom stereocenters. The summed E-state index contributed by atoms with van der Waals surface area (Å²) < 4.78 is 5.54. The minimum Gasteiger partial charge on any atom is -0.373 e. The number of nitrogens with two attached hydrogens (primary N) is 1. The minimum atomic E-state index is -0.151. The second-order valence-corrected chi connectivity index (χ2v) is 5.48. The summed E-state index contributed by atoms with van der Waals surface area (Å²) in [6.07, 6.45) is 1.79. The van der Waals surface area contributed by atoms with E-state index in [1.165, 1.54) is 0 Å². The van der Waals surface area contributed by atoms with Gasteiger partial charge in [0.2, 0.25) is 0 Å². The topological polar surface area (TPSA) is 73.1 Å². The number of ether oxygens (including phenoxy) is 1. The maximum Gasteiger partial charge on any atom is 0.160 e. The lowest BCUT2D eigenvalue weighted by Crippen LogP contribution is -2.24. The predicted octanol–water partition coefficient (Wildman–Crippen LogP) is 2.45. The summed E-state index contributed by atoms with van der Waals surface area (Å²) in [6.45, 7) is 8.43. The number of nitrogens with zero attached hydrogens (tertiary/aromatic N) is 2. The zero-order chi connectivity index (χ0) is 13.8. The van der Waals surface area contributed by atoms with E-state index < -0.39 is 0 Å². The smallest absolute Gasteiger partial charge is 0.160 e. The monoisotopic (exact) mass is 252 g/mol. The van der Waals surface area contributed by atoms with Crippen LogP contribution in [0.4, 0.5) is 5.82 Å². The van der Waals surface area contributed by atoms with Gasteiger partial charge in [-0.05, 0) is 11.8 Å². The van der Waals surface area contributed by atoms with Gasteiger partial charge in [-0.15, -0.1) is 0 Å². The van der Waals surface area contributed by atoms with Gasteiger partial charge in [-0.25, -0.2) is 15.8 Å². The Morgan fingerprint density at radius 3 is 2.50 bits per heavy atom. The first-order valence-electron chi connectivity index (χ1n) is 6.29. The zero-order valence-corrected chi connectivity index (χ0v) is 11.9. The van der Waals surface area contributed by atoms with Crippen molar-refractivity contribution in [2.75, 3.05) is 12.5 Å². The van der Waals surface area contributed by atoms with Crippen molar-refractivity contribution >= 4 is 5.82 Å². The fourth-order valence-corrected chi connectivity index (χ4v) is 1.94. The molecule has 0 spiro atoms. The second-order valence-electron chi connectivity index (χ2n) is 5.48. The summed E-state index contributed by atoms with van der Waals surface area (Å²) in [6, 6.07) is 1.88. The molecule has 0 saturated heterocycles. The number of aryl methyl sites for hydroxylation is 1. The number of nitrogens with one attached hydrogen (secondary N) is 1. The Hall–Kier alpha value is -1.20. The highest BCUT2D eigenvalue weighted by Crippen LogP contribution is 2.34. The van der Waals surface area contributed by atoms with E-state index in [1.807, 2.05) is 6.07 Å². The number of hydrogen-bond acceptors (Lipinski definition) is 5. The number of methoxy groups -OCH3 is 1. The highest BCUT2D eigenvalue weighted by molar-refractivity contribution is 5.35. The van der Waals surface area contributed by atoms with Crippen molar-refractivity contribution in [3.05, 3.63) is 17.6 Å². The molecule has 1 heterocycles. The maximum absolute atomic E-state index is 5.54. The van der Waals surface area contributed by atoms with Gasteiger partial charge in [0.15, 0.2) is 5.82 Å². The van der Waals surface area contributed by atoms with Crippen molar-refractivity contribution in [2.24, 2.45) is 11.3 Å². The average Bonchev–Trinajstić information content (AvgIpc) is 2.28. The molecule has 18 heavy (non-hydrogen) atoms. The van der Waals surface area contributed by atoms with Gasteiger partial charge in [0.1, 0.15) is 11.9 Å². The van der Waals surface area contributed by atoms with E-state index in [-0.39, 0.29) is 11.5 Å². The summed E-state index contributed by atoms with van der Waals surface area (Å²) in [5.74, 6) is 6.77. The van der Waals surface area contributed by atoms with E-state index in [1.54, 1.807) is 7.11 Å². The fourth-order valence-electron chi connectivity index (χ4n) is 1.94. The molecule has 0 aliphatic carbocycles. The van der Waals surface area contributed by atoms with Gasteiger partial charge >= 0.3 is 0 Å². The van der Waals surface area contributed by atoms with Crippen LogP contribution in [-0.2, 0) is 11.2 Å². The molecule has 5 heteroatoms. The van der Waals surface area contributed by atoms with E-state index in [2.05, 4.69) is 43.1 Å². The number of aromatic nitrogens is 2. The molecular weight excluding hydrogens is 228 g/mol. The van der Waals surface area contributed by atoms with Crippen molar-refractivity contribution in [3.8, 4) is 0 Å². The summed E-state index contributed by atoms with van der Waals surface area (Å²) in [4.78, 5) is 8.98. The Morgan fingerprint density at radius 1 is 1.39 bits per heavy atom. The van der Waals surface area contributed by atoms with Crippen LogP contribution in [0.15, 0.2) is 6.07 Å². The SMILES string of the molecule is CCCc1cc(NN)nc(C(OC)C(C)(C)C)n1.